The third-order valence-corrected chi connectivity index (χ3v) is 9.27. The van der Waals surface area contributed by atoms with Crippen LogP contribution in [-0.4, -0.2) is 21.3 Å². The molecule has 0 aliphatic carbocycles. The third-order valence-electron chi connectivity index (χ3n) is 9.27. The zero-order chi connectivity index (χ0) is 33.4. The van der Waals surface area contributed by atoms with E-state index in [9.17, 15) is 5.11 Å². The molecule has 4 aromatic carbocycles. The van der Waals surface area contributed by atoms with E-state index in [-0.39, 0.29) is 5.75 Å². The molecule has 47 heavy (non-hydrogen) atoms. The van der Waals surface area contributed by atoms with E-state index in [0.29, 0.717) is 29.2 Å². The molecule has 1 aromatic heterocycles. The van der Waals surface area contributed by atoms with Gasteiger partial charge in [-0.05, 0) is 70.2 Å². The second-order valence-electron chi connectivity index (χ2n) is 14.0. The molecule has 242 valence electrons. The first-order chi connectivity index (χ1) is 22.5. The van der Waals surface area contributed by atoms with E-state index in [1.165, 1.54) is 27.9 Å². The molecule has 1 aliphatic heterocycles. The van der Waals surface area contributed by atoms with Gasteiger partial charge in [0.05, 0.1) is 23.6 Å². The fraction of sp³-hybridized carbons (Fsp3) is 0.310. The number of benzene rings is 4. The molecule has 0 amide bonds. The molecular formula is C42H48N4O. The van der Waals surface area contributed by atoms with Crippen molar-refractivity contribution in [3.05, 3.63) is 126 Å². The summed E-state index contributed by atoms with van der Waals surface area (Å²) in [7, 11) is 0. The maximum atomic E-state index is 11.0. The Balaban J connectivity index is 1.43. The number of aromatic nitrogens is 2. The first kappa shape index (κ1) is 32.2. The van der Waals surface area contributed by atoms with Crippen molar-refractivity contribution in [2.45, 2.75) is 79.1 Å². The maximum absolute atomic E-state index is 11.0. The first-order valence-corrected chi connectivity index (χ1v) is 17.0. The van der Waals surface area contributed by atoms with Crippen LogP contribution in [0, 0.1) is 0 Å². The van der Waals surface area contributed by atoms with Crippen LogP contribution in [0.4, 0.5) is 11.4 Å². The Labute approximate surface area is 280 Å². The predicted octanol–water partition coefficient (Wildman–Crippen LogP) is 11.2. The van der Waals surface area contributed by atoms with Crippen LogP contribution in [0.25, 0.3) is 28.3 Å². The fourth-order valence-electron chi connectivity index (χ4n) is 6.75. The van der Waals surface area contributed by atoms with Crippen molar-refractivity contribution in [2.75, 3.05) is 16.5 Å². The van der Waals surface area contributed by atoms with Crippen molar-refractivity contribution in [1.29, 1.82) is 0 Å². The lowest BCUT2D eigenvalue weighted by Gasteiger charge is -2.28. The van der Waals surface area contributed by atoms with E-state index in [1.54, 1.807) is 6.07 Å². The molecule has 0 fully saturated rings. The molecule has 5 heteroatoms. The molecule has 0 spiro atoms. The second-order valence-corrected chi connectivity index (χ2v) is 14.0. The van der Waals surface area contributed by atoms with E-state index in [1.807, 2.05) is 18.2 Å². The molecule has 1 aliphatic rings. The van der Waals surface area contributed by atoms with Gasteiger partial charge in [0.2, 0.25) is 0 Å². The molecule has 0 saturated carbocycles. The number of anilines is 2. The lowest BCUT2D eigenvalue weighted by atomic mass is 9.92. The molecule has 2 heterocycles. The molecule has 0 saturated heterocycles. The number of para-hydroxylation sites is 3. The lowest BCUT2D eigenvalue weighted by molar-refractivity contribution is 0.477. The van der Waals surface area contributed by atoms with Crippen LogP contribution >= 0.6 is 0 Å². The summed E-state index contributed by atoms with van der Waals surface area (Å²) in [6.07, 6.45) is 6.54. The quantitative estimate of drug-likeness (QED) is 0.177. The van der Waals surface area contributed by atoms with Crippen molar-refractivity contribution in [3.63, 3.8) is 0 Å². The van der Waals surface area contributed by atoms with Crippen LogP contribution in [0.1, 0.15) is 101 Å². The number of hydrogen-bond acceptors (Lipinski definition) is 4. The summed E-state index contributed by atoms with van der Waals surface area (Å²) in [6, 6.07) is 29.5. The molecule has 0 atom stereocenters. The van der Waals surface area contributed by atoms with Crippen LogP contribution < -0.4 is 9.80 Å². The number of rotatable bonds is 9. The minimum Gasteiger partial charge on any atom is -0.507 e. The molecule has 0 bridgehead atoms. The van der Waals surface area contributed by atoms with Crippen LogP contribution in [0.15, 0.2) is 104 Å². The first-order valence-electron chi connectivity index (χ1n) is 17.0. The average molecular weight is 625 g/mol. The van der Waals surface area contributed by atoms with Crippen molar-refractivity contribution in [2.24, 2.45) is 0 Å². The highest BCUT2D eigenvalue weighted by atomic mass is 16.3. The van der Waals surface area contributed by atoms with Crippen molar-refractivity contribution in [1.82, 2.24) is 9.55 Å². The lowest BCUT2D eigenvalue weighted by Crippen LogP contribution is -2.26. The highest BCUT2D eigenvalue weighted by Gasteiger charge is 2.25. The van der Waals surface area contributed by atoms with Gasteiger partial charge in [-0.1, -0.05) is 116 Å². The smallest absolute Gasteiger partial charge is 0.148 e. The van der Waals surface area contributed by atoms with Gasteiger partial charge in [0.15, 0.2) is 0 Å². The molecule has 0 radical (unpaired) electrons. The van der Waals surface area contributed by atoms with E-state index in [4.69, 9.17) is 4.98 Å². The second kappa shape index (κ2) is 13.2. The summed E-state index contributed by atoms with van der Waals surface area (Å²) in [5.41, 5.74) is 11.5. The fourth-order valence-corrected chi connectivity index (χ4v) is 6.75. The van der Waals surface area contributed by atoms with Gasteiger partial charge in [0.25, 0.3) is 0 Å². The zero-order valence-electron chi connectivity index (χ0n) is 29.1. The highest BCUT2D eigenvalue weighted by Crippen LogP contribution is 2.40. The summed E-state index contributed by atoms with van der Waals surface area (Å²) in [5, 5.41) is 11.0. The van der Waals surface area contributed by atoms with Crippen LogP contribution in [-0.2, 0) is 0 Å². The molecule has 0 unspecified atom stereocenters. The van der Waals surface area contributed by atoms with Crippen LogP contribution in [0.3, 0.4) is 0 Å². The zero-order valence-corrected chi connectivity index (χ0v) is 29.1. The Bertz CT molecular complexity index is 1860. The number of nitrogens with zero attached hydrogens (tertiary/aromatic N) is 4. The Morgan fingerprint density at radius 1 is 0.596 bits per heavy atom. The Hall–Kier alpha value is -4.77. The highest BCUT2D eigenvalue weighted by molar-refractivity contribution is 5.75. The van der Waals surface area contributed by atoms with Gasteiger partial charge in [-0.15, -0.1) is 0 Å². The van der Waals surface area contributed by atoms with Crippen LogP contribution in [0.2, 0.25) is 0 Å². The summed E-state index contributed by atoms with van der Waals surface area (Å²) in [6.45, 7) is 18.8. The molecule has 1 N–H and O–H groups in total. The third kappa shape index (κ3) is 6.19. The Morgan fingerprint density at radius 2 is 1.13 bits per heavy atom. The minimum atomic E-state index is 0.220. The van der Waals surface area contributed by atoms with E-state index >= 15 is 0 Å². The number of aromatic hydroxyl groups is 1. The van der Waals surface area contributed by atoms with Crippen molar-refractivity contribution < 1.29 is 5.11 Å². The summed E-state index contributed by atoms with van der Waals surface area (Å²) in [4.78, 5) is 9.93. The molecule has 5 nitrogen and oxygen atoms in total. The molecule has 6 rings (SSSR count). The number of hydrogen-bond donors (Lipinski definition) is 1. The average Bonchev–Trinajstić information content (AvgIpc) is 3.73. The van der Waals surface area contributed by atoms with Gasteiger partial charge in [0.1, 0.15) is 11.6 Å². The monoisotopic (exact) mass is 624 g/mol. The van der Waals surface area contributed by atoms with Gasteiger partial charge in [0, 0.05) is 35.5 Å². The Kier molecular flexibility index (Phi) is 9.01. The van der Waals surface area contributed by atoms with Gasteiger partial charge in [-0.3, -0.25) is 4.57 Å². The Morgan fingerprint density at radius 3 is 1.70 bits per heavy atom. The largest absolute Gasteiger partial charge is 0.507 e. The summed E-state index contributed by atoms with van der Waals surface area (Å²) >= 11 is 0. The minimum absolute atomic E-state index is 0.220. The standard InChI is InChI=1S/C42H48N4O/c1-27(2)33-17-12-18-34(28(3)4)40(33)45-23-22-44(26-45)32-15-11-14-31(24-32)38-25-46(42(43-38)37-16-9-10-21-39(37)47)41-35(29(5)6)19-13-20-36(41)30(7)8/h9-25,27-30,47H,26H2,1-8H3. The topological polar surface area (TPSA) is 44.5 Å². The predicted molar refractivity (Wildman–Crippen MR) is 198 cm³/mol. The SMILES string of the molecule is CC(C)c1cccc(C(C)C)c1N1C=CN(c2cccc(-c3cn(-c4c(C(C)C)cccc4C(C)C)c(-c4ccccc4O)n3)c2)C1. The molecular weight excluding hydrogens is 576 g/mol. The normalized spacial score (nSPS) is 13.3. The van der Waals surface area contributed by atoms with Crippen molar-refractivity contribution >= 4 is 11.4 Å². The van der Waals surface area contributed by atoms with E-state index in [2.05, 4.69) is 149 Å². The van der Waals surface area contributed by atoms with Gasteiger partial charge >= 0.3 is 0 Å². The van der Waals surface area contributed by atoms with Crippen LogP contribution in [0.5, 0.6) is 5.75 Å². The van der Waals surface area contributed by atoms with E-state index < -0.39 is 0 Å². The van der Waals surface area contributed by atoms with Gasteiger partial charge < -0.3 is 14.9 Å². The number of imidazole rings is 1. The van der Waals surface area contributed by atoms with E-state index in [0.717, 1.165) is 35.1 Å². The van der Waals surface area contributed by atoms with Gasteiger partial charge in [-0.2, -0.15) is 0 Å². The van der Waals surface area contributed by atoms with Gasteiger partial charge in [-0.25, -0.2) is 4.98 Å². The summed E-state index contributed by atoms with van der Waals surface area (Å²) in [5.74, 6) is 2.45. The maximum Gasteiger partial charge on any atom is 0.148 e. The number of phenolic OH excluding ortho intramolecular Hbond substituents is 1. The van der Waals surface area contributed by atoms with Crippen molar-refractivity contribution in [3.8, 4) is 34.1 Å². The molecule has 5 aromatic rings. The number of phenols is 1. The summed E-state index contributed by atoms with van der Waals surface area (Å²) < 4.78 is 2.20.